The Morgan fingerprint density at radius 2 is 2.24 bits per heavy atom. The third kappa shape index (κ3) is 7.64. The second kappa shape index (κ2) is 11.9. The topological polar surface area (TPSA) is 71.3 Å². The molecule has 25 heavy (non-hydrogen) atoms. The molecule has 0 radical (unpaired) electrons. The number of nitrogens with one attached hydrogen (secondary N) is 2. The summed E-state index contributed by atoms with van der Waals surface area (Å²) in [6, 6.07) is 0.365. The fourth-order valence-corrected chi connectivity index (χ4v) is 4.47. The number of hydrogen-bond acceptors (Lipinski definition) is 3. The number of halogens is 1. The zero-order valence-electron chi connectivity index (χ0n) is 15.5. The van der Waals surface area contributed by atoms with Gasteiger partial charge >= 0.3 is 0 Å². The summed E-state index contributed by atoms with van der Waals surface area (Å²) in [5.41, 5.74) is 1.17. The highest BCUT2D eigenvalue weighted by molar-refractivity contribution is 14.0. The van der Waals surface area contributed by atoms with E-state index in [-0.39, 0.29) is 24.0 Å². The Kier molecular flexibility index (Phi) is 10.6. The van der Waals surface area contributed by atoms with Gasteiger partial charge in [0.2, 0.25) is 0 Å². The Morgan fingerprint density at radius 1 is 1.44 bits per heavy atom. The summed E-state index contributed by atoms with van der Waals surface area (Å²) in [7, 11) is -0.693. The van der Waals surface area contributed by atoms with Gasteiger partial charge < -0.3 is 10.6 Å². The molecule has 1 aliphatic carbocycles. The molecule has 1 fully saturated rings. The zero-order valence-corrected chi connectivity index (χ0v) is 18.7. The van der Waals surface area contributed by atoms with Crippen LogP contribution in [0.4, 0.5) is 0 Å². The van der Waals surface area contributed by atoms with Crippen LogP contribution in [0.2, 0.25) is 0 Å². The van der Waals surface area contributed by atoms with Crippen LogP contribution in [0.3, 0.4) is 0 Å². The summed E-state index contributed by atoms with van der Waals surface area (Å²) in [6.45, 7) is 8.42. The summed E-state index contributed by atoms with van der Waals surface area (Å²) in [6.07, 6.45) is 8.22. The lowest BCUT2D eigenvalue weighted by Gasteiger charge is -2.30. The molecule has 1 aromatic rings. The maximum absolute atomic E-state index is 12.1. The molecule has 0 amide bonds. The highest BCUT2D eigenvalue weighted by atomic mass is 127. The molecular formula is C17H32IN5OS. The SMILES string of the molecule is CCNC(=NCCn1cc(C)cn1)NC1CCCC(S(=O)CC)C1.I. The minimum atomic E-state index is -0.693. The van der Waals surface area contributed by atoms with Crippen LogP contribution < -0.4 is 10.6 Å². The molecular weight excluding hydrogens is 449 g/mol. The third-order valence-corrected chi connectivity index (χ3v) is 6.07. The maximum Gasteiger partial charge on any atom is 0.191 e. The molecule has 1 aliphatic rings. The minimum absolute atomic E-state index is 0. The first-order valence-electron chi connectivity index (χ1n) is 9.03. The second-order valence-electron chi connectivity index (χ2n) is 6.34. The van der Waals surface area contributed by atoms with Gasteiger partial charge in [0.15, 0.2) is 5.96 Å². The molecule has 6 nitrogen and oxygen atoms in total. The second-order valence-corrected chi connectivity index (χ2v) is 8.35. The molecule has 8 heteroatoms. The highest BCUT2D eigenvalue weighted by Gasteiger charge is 2.25. The van der Waals surface area contributed by atoms with Crippen molar-refractivity contribution in [3.8, 4) is 0 Å². The first kappa shape index (κ1) is 22.4. The van der Waals surface area contributed by atoms with E-state index in [2.05, 4.69) is 27.6 Å². The third-order valence-electron chi connectivity index (χ3n) is 4.33. The van der Waals surface area contributed by atoms with Crippen molar-refractivity contribution in [3.05, 3.63) is 18.0 Å². The van der Waals surface area contributed by atoms with Crippen LogP contribution in [0.25, 0.3) is 0 Å². The molecule has 144 valence electrons. The lowest BCUT2D eigenvalue weighted by molar-refractivity contribution is 0.413. The smallest absolute Gasteiger partial charge is 0.191 e. The largest absolute Gasteiger partial charge is 0.357 e. The van der Waals surface area contributed by atoms with E-state index in [1.807, 2.05) is 30.9 Å². The fourth-order valence-electron chi connectivity index (χ4n) is 3.12. The van der Waals surface area contributed by atoms with Crippen molar-refractivity contribution in [2.45, 2.75) is 64.3 Å². The molecule has 0 aromatic carbocycles. The van der Waals surface area contributed by atoms with Crippen molar-refractivity contribution in [2.24, 2.45) is 4.99 Å². The van der Waals surface area contributed by atoms with Crippen molar-refractivity contribution in [3.63, 3.8) is 0 Å². The van der Waals surface area contributed by atoms with Gasteiger partial charge in [-0.15, -0.1) is 24.0 Å². The monoisotopic (exact) mass is 481 g/mol. The van der Waals surface area contributed by atoms with E-state index >= 15 is 0 Å². The number of aryl methyl sites for hydroxylation is 1. The minimum Gasteiger partial charge on any atom is -0.357 e. The van der Waals surface area contributed by atoms with Crippen molar-refractivity contribution in [1.82, 2.24) is 20.4 Å². The first-order valence-corrected chi connectivity index (χ1v) is 10.4. The molecule has 1 heterocycles. The van der Waals surface area contributed by atoms with Gasteiger partial charge in [0.05, 0.1) is 19.3 Å². The van der Waals surface area contributed by atoms with E-state index in [1.165, 1.54) is 5.56 Å². The maximum atomic E-state index is 12.1. The summed E-state index contributed by atoms with van der Waals surface area (Å²) < 4.78 is 14.0. The van der Waals surface area contributed by atoms with E-state index in [1.54, 1.807) is 0 Å². The Labute approximate surface area is 171 Å². The van der Waals surface area contributed by atoms with Crippen LogP contribution in [0.1, 0.15) is 45.1 Å². The van der Waals surface area contributed by atoms with E-state index in [4.69, 9.17) is 0 Å². The predicted octanol–water partition coefficient (Wildman–Crippen LogP) is 2.44. The van der Waals surface area contributed by atoms with Gasteiger partial charge in [-0.3, -0.25) is 13.9 Å². The Bertz CT molecular complexity index is 563. The number of guanidine groups is 1. The quantitative estimate of drug-likeness (QED) is 0.357. The molecule has 0 bridgehead atoms. The van der Waals surface area contributed by atoms with E-state index in [0.717, 1.165) is 50.5 Å². The number of aromatic nitrogens is 2. The Hall–Kier alpha value is -0.640. The molecule has 3 atom stereocenters. The van der Waals surface area contributed by atoms with Gasteiger partial charge in [0.25, 0.3) is 0 Å². The summed E-state index contributed by atoms with van der Waals surface area (Å²) >= 11 is 0. The molecule has 2 N–H and O–H groups in total. The molecule has 0 saturated heterocycles. The lowest BCUT2D eigenvalue weighted by atomic mass is 9.95. The standard InChI is InChI=1S/C17H31N5OS.HI/c1-4-18-17(19-9-10-22-13-14(3)12-20-22)21-15-7-6-8-16(11-15)24(23)5-2;/h12-13,15-16H,4-11H2,1-3H3,(H2,18,19,21);1H. The van der Waals surface area contributed by atoms with Crippen LogP contribution in [-0.2, 0) is 17.3 Å². The number of nitrogens with zero attached hydrogens (tertiary/aromatic N) is 3. The Balaban J connectivity index is 0.00000312. The molecule has 0 aliphatic heterocycles. The molecule has 1 aromatic heterocycles. The predicted molar refractivity (Wildman–Crippen MR) is 116 cm³/mol. The summed E-state index contributed by atoms with van der Waals surface area (Å²) in [4.78, 5) is 4.66. The molecule has 2 rings (SSSR count). The first-order chi connectivity index (χ1) is 11.6. The number of hydrogen-bond donors (Lipinski definition) is 2. The molecule has 0 spiro atoms. The summed E-state index contributed by atoms with van der Waals surface area (Å²) in [5.74, 6) is 1.61. The number of aliphatic imine (C=N–C) groups is 1. The Morgan fingerprint density at radius 3 is 2.88 bits per heavy atom. The van der Waals surface area contributed by atoms with Gasteiger partial charge in [-0.1, -0.05) is 13.3 Å². The van der Waals surface area contributed by atoms with Gasteiger partial charge in [0.1, 0.15) is 0 Å². The van der Waals surface area contributed by atoms with Crippen molar-refractivity contribution in [1.29, 1.82) is 0 Å². The van der Waals surface area contributed by atoms with E-state index in [0.29, 0.717) is 17.8 Å². The van der Waals surface area contributed by atoms with Gasteiger partial charge in [-0.25, -0.2) is 0 Å². The van der Waals surface area contributed by atoms with Gasteiger partial charge in [-0.05, 0) is 38.7 Å². The van der Waals surface area contributed by atoms with Crippen LogP contribution in [-0.4, -0.2) is 50.1 Å². The average Bonchev–Trinajstić information content (AvgIpc) is 3.00. The zero-order chi connectivity index (χ0) is 17.4. The average molecular weight is 481 g/mol. The van der Waals surface area contributed by atoms with Crippen LogP contribution in [0.15, 0.2) is 17.4 Å². The molecule has 1 saturated carbocycles. The number of rotatable bonds is 7. The van der Waals surface area contributed by atoms with Crippen molar-refractivity contribution < 1.29 is 4.21 Å². The van der Waals surface area contributed by atoms with E-state index in [9.17, 15) is 4.21 Å². The fraction of sp³-hybridized carbons (Fsp3) is 0.765. The normalized spacial score (nSPS) is 22.1. The van der Waals surface area contributed by atoms with E-state index < -0.39 is 10.8 Å². The van der Waals surface area contributed by atoms with Gasteiger partial charge in [-0.2, -0.15) is 5.10 Å². The van der Waals surface area contributed by atoms with Crippen molar-refractivity contribution in [2.75, 3.05) is 18.8 Å². The summed E-state index contributed by atoms with van der Waals surface area (Å²) in [5, 5.41) is 11.5. The highest BCUT2D eigenvalue weighted by Crippen LogP contribution is 2.22. The molecule has 3 unspecified atom stereocenters. The lowest BCUT2D eigenvalue weighted by Crippen LogP contribution is -2.46. The van der Waals surface area contributed by atoms with Gasteiger partial charge in [0, 0.05) is 40.6 Å². The van der Waals surface area contributed by atoms with Crippen molar-refractivity contribution >= 4 is 40.7 Å². The van der Waals surface area contributed by atoms with Crippen LogP contribution >= 0.6 is 24.0 Å². The van der Waals surface area contributed by atoms with Crippen LogP contribution in [0.5, 0.6) is 0 Å². The van der Waals surface area contributed by atoms with Crippen LogP contribution in [0, 0.1) is 6.92 Å².